The van der Waals surface area contributed by atoms with Crippen LogP contribution in [-0.2, 0) is 20.7 Å². The largest absolute Gasteiger partial charge is 0.462 e. The maximum absolute atomic E-state index is 11.8. The van der Waals surface area contributed by atoms with Gasteiger partial charge in [-0.05, 0) is 86.3 Å². The first-order valence-electron chi connectivity index (χ1n) is 13.8. The predicted molar refractivity (Wildman–Crippen MR) is 146 cm³/mol. The third-order valence-electron chi connectivity index (χ3n) is 7.50. The van der Waals surface area contributed by atoms with Crippen LogP contribution in [0.2, 0.25) is 0 Å². The molecular formula is C31H48O5. The Balaban J connectivity index is 1.88. The quantitative estimate of drug-likeness (QED) is 0.0841. The number of carbonyl (C=O) groups is 1. The van der Waals surface area contributed by atoms with Crippen molar-refractivity contribution in [1.82, 2.24) is 0 Å². The number of rotatable bonds is 17. The Morgan fingerprint density at radius 2 is 1.72 bits per heavy atom. The van der Waals surface area contributed by atoms with Gasteiger partial charge in [-0.3, -0.25) is 0 Å². The molecule has 202 valence electrons. The second-order valence-corrected chi connectivity index (χ2v) is 10.6. The predicted octanol–water partition coefficient (Wildman–Crippen LogP) is 6.48. The lowest BCUT2D eigenvalue weighted by Crippen LogP contribution is -2.18. The summed E-state index contributed by atoms with van der Waals surface area (Å²) in [6.45, 7) is 11.5. The number of carbonyl (C=O) groups excluding carboxylic acids is 1. The summed E-state index contributed by atoms with van der Waals surface area (Å²) in [6.07, 6.45) is 12.0. The highest BCUT2D eigenvalue weighted by atomic mass is 16.6. The van der Waals surface area contributed by atoms with Crippen molar-refractivity contribution in [1.29, 1.82) is 0 Å². The molecule has 0 radical (unpaired) electrons. The molecule has 2 rings (SSSR count). The molecule has 1 aliphatic carbocycles. The average Bonchev–Trinajstić information content (AvgIpc) is 2.88. The lowest BCUT2D eigenvalue weighted by atomic mass is 9.77. The van der Waals surface area contributed by atoms with E-state index in [1.807, 2.05) is 0 Å². The number of hydrogen-bond donors (Lipinski definition) is 2. The lowest BCUT2D eigenvalue weighted by molar-refractivity contribution is -0.139. The van der Waals surface area contributed by atoms with Crippen LogP contribution in [0.3, 0.4) is 0 Å². The van der Waals surface area contributed by atoms with Crippen molar-refractivity contribution in [2.24, 2.45) is 11.8 Å². The van der Waals surface area contributed by atoms with Crippen LogP contribution in [0.5, 0.6) is 0 Å². The van der Waals surface area contributed by atoms with Crippen molar-refractivity contribution in [2.45, 2.75) is 96.7 Å². The minimum absolute atomic E-state index is 0.0602. The van der Waals surface area contributed by atoms with Crippen molar-refractivity contribution in [3.8, 4) is 0 Å². The van der Waals surface area contributed by atoms with Gasteiger partial charge in [-0.15, -0.1) is 0 Å². The fourth-order valence-electron chi connectivity index (χ4n) is 5.05. The summed E-state index contributed by atoms with van der Waals surface area (Å²) in [5, 5.41) is 18.9. The minimum Gasteiger partial charge on any atom is -0.462 e. The lowest BCUT2D eigenvalue weighted by Gasteiger charge is -2.29. The Bertz CT molecular complexity index is 792. The first kappa shape index (κ1) is 30.3. The molecule has 0 amide bonds. The molecule has 1 saturated carbocycles. The molecule has 1 aliphatic rings. The average molecular weight is 501 g/mol. The third kappa shape index (κ3) is 11.0. The van der Waals surface area contributed by atoms with Crippen LogP contribution in [0, 0.1) is 11.8 Å². The SMILES string of the molecule is C=C(CO)C(=O)OCCC(CCOC(O)C(=C)C)Cc1ccc(C2CCC(CCCCC)CC2)cc1. The standard InChI is InChI=1S/C31H48O5/c1-5-6-7-8-25-9-13-28(14-10-25)29-15-11-26(12-16-29)21-27(17-19-35-30(33)23(2)3)18-20-36-31(34)24(4)22-32/h11-12,15-16,25,27-28,30,32-33H,2,4-10,13-14,17-22H2,1,3H3. The normalized spacial score (nSPS) is 19.4. The van der Waals surface area contributed by atoms with E-state index in [-0.39, 0.29) is 18.1 Å². The van der Waals surface area contributed by atoms with Crippen molar-refractivity contribution < 1.29 is 24.5 Å². The zero-order chi connectivity index (χ0) is 26.3. The molecule has 1 aromatic carbocycles. The Kier molecular flexibility index (Phi) is 14.1. The van der Waals surface area contributed by atoms with Crippen LogP contribution in [0.15, 0.2) is 48.6 Å². The summed E-state index contributed by atoms with van der Waals surface area (Å²) in [6, 6.07) is 9.06. The zero-order valence-corrected chi connectivity index (χ0v) is 22.6. The highest BCUT2D eigenvalue weighted by Crippen LogP contribution is 2.38. The molecule has 2 unspecified atom stereocenters. The highest BCUT2D eigenvalue weighted by molar-refractivity contribution is 5.87. The van der Waals surface area contributed by atoms with Crippen molar-refractivity contribution in [3.05, 3.63) is 59.7 Å². The maximum atomic E-state index is 11.8. The second kappa shape index (κ2) is 16.7. The summed E-state index contributed by atoms with van der Waals surface area (Å²) in [4.78, 5) is 11.8. The summed E-state index contributed by atoms with van der Waals surface area (Å²) < 4.78 is 10.8. The molecule has 2 atom stereocenters. The Labute approximate surface area is 218 Å². The molecule has 0 spiro atoms. The van der Waals surface area contributed by atoms with E-state index in [0.717, 1.165) is 18.8 Å². The minimum atomic E-state index is -0.961. The van der Waals surface area contributed by atoms with Crippen molar-refractivity contribution in [2.75, 3.05) is 19.8 Å². The first-order chi connectivity index (χ1) is 17.3. The smallest absolute Gasteiger partial charge is 0.335 e. The van der Waals surface area contributed by atoms with Crippen molar-refractivity contribution in [3.63, 3.8) is 0 Å². The number of aliphatic hydroxyl groups excluding tert-OH is 2. The van der Waals surface area contributed by atoms with Crippen LogP contribution < -0.4 is 0 Å². The fraction of sp³-hybridized carbons (Fsp3) is 0.645. The summed E-state index contributed by atoms with van der Waals surface area (Å²) >= 11 is 0. The zero-order valence-electron chi connectivity index (χ0n) is 22.6. The molecule has 0 heterocycles. The molecule has 0 aromatic heterocycles. The molecule has 5 heteroatoms. The highest BCUT2D eigenvalue weighted by Gasteiger charge is 2.22. The molecule has 1 fully saturated rings. The first-order valence-corrected chi connectivity index (χ1v) is 13.8. The van der Waals surface area contributed by atoms with E-state index >= 15 is 0 Å². The monoisotopic (exact) mass is 500 g/mol. The van der Waals surface area contributed by atoms with Crippen LogP contribution in [-0.4, -0.2) is 42.3 Å². The van der Waals surface area contributed by atoms with E-state index in [1.54, 1.807) is 6.92 Å². The van der Waals surface area contributed by atoms with Gasteiger partial charge in [-0.2, -0.15) is 0 Å². The number of esters is 1. The number of aliphatic hydroxyl groups is 2. The Hall–Kier alpha value is -1.95. The Morgan fingerprint density at radius 3 is 2.33 bits per heavy atom. The van der Waals surface area contributed by atoms with Crippen LogP contribution in [0.4, 0.5) is 0 Å². The van der Waals surface area contributed by atoms with Crippen LogP contribution >= 0.6 is 0 Å². The van der Waals surface area contributed by atoms with Gasteiger partial charge < -0.3 is 19.7 Å². The molecule has 0 aliphatic heterocycles. The van der Waals surface area contributed by atoms with Gasteiger partial charge in [-0.1, -0.05) is 70.0 Å². The van der Waals surface area contributed by atoms with Crippen LogP contribution in [0.25, 0.3) is 0 Å². The van der Waals surface area contributed by atoms with Gasteiger partial charge in [0.2, 0.25) is 0 Å². The van der Waals surface area contributed by atoms with Gasteiger partial charge in [0.1, 0.15) is 0 Å². The van der Waals surface area contributed by atoms with E-state index in [4.69, 9.17) is 14.6 Å². The summed E-state index contributed by atoms with van der Waals surface area (Å²) in [5.41, 5.74) is 3.34. The molecule has 5 nitrogen and oxygen atoms in total. The number of hydrogen-bond acceptors (Lipinski definition) is 5. The van der Waals surface area contributed by atoms with Gasteiger partial charge in [-0.25, -0.2) is 4.79 Å². The Morgan fingerprint density at radius 1 is 1.06 bits per heavy atom. The van der Waals surface area contributed by atoms with Crippen molar-refractivity contribution >= 4 is 5.97 Å². The second-order valence-electron chi connectivity index (χ2n) is 10.6. The van der Waals surface area contributed by atoms with Gasteiger partial charge in [0.05, 0.1) is 25.4 Å². The molecule has 2 N–H and O–H groups in total. The topological polar surface area (TPSA) is 76.0 Å². The summed E-state index contributed by atoms with van der Waals surface area (Å²) in [5.74, 6) is 1.26. The fourth-order valence-corrected chi connectivity index (χ4v) is 5.05. The molecular weight excluding hydrogens is 452 g/mol. The van der Waals surface area contributed by atoms with E-state index in [1.165, 1.54) is 62.5 Å². The van der Waals surface area contributed by atoms with E-state index < -0.39 is 18.9 Å². The van der Waals surface area contributed by atoms with Gasteiger partial charge in [0, 0.05) is 0 Å². The van der Waals surface area contributed by atoms with Gasteiger partial charge >= 0.3 is 5.97 Å². The van der Waals surface area contributed by atoms with Gasteiger partial charge in [0.15, 0.2) is 6.29 Å². The van der Waals surface area contributed by atoms with E-state index in [0.29, 0.717) is 24.5 Å². The van der Waals surface area contributed by atoms with Gasteiger partial charge in [0.25, 0.3) is 0 Å². The molecule has 36 heavy (non-hydrogen) atoms. The maximum Gasteiger partial charge on any atom is 0.335 e. The van der Waals surface area contributed by atoms with E-state index in [2.05, 4.69) is 44.3 Å². The molecule has 1 aromatic rings. The number of benzene rings is 1. The number of ether oxygens (including phenoxy) is 2. The third-order valence-corrected chi connectivity index (χ3v) is 7.50. The van der Waals surface area contributed by atoms with E-state index in [9.17, 15) is 9.90 Å². The molecule has 0 saturated heterocycles. The molecule has 0 bridgehead atoms. The summed E-state index contributed by atoms with van der Waals surface area (Å²) in [7, 11) is 0. The van der Waals surface area contributed by atoms with Crippen LogP contribution in [0.1, 0.15) is 95.1 Å². The number of unbranched alkanes of at least 4 members (excludes halogenated alkanes) is 2.